The highest BCUT2D eigenvalue weighted by Crippen LogP contribution is 2.31. The summed E-state index contributed by atoms with van der Waals surface area (Å²) >= 11 is 0. The molecule has 1 atom stereocenters. The Morgan fingerprint density at radius 1 is 0.967 bits per heavy atom. The summed E-state index contributed by atoms with van der Waals surface area (Å²) in [5, 5.41) is 3.10. The lowest BCUT2D eigenvalue weighted by Crippen LogP contribution is -2.46. The quantitative estimate of drug-likeness (QED) is 0.636. The number of furan rings is 1. The zero-order valence-electron chi connectivity index (χ0n) is 16.5. The van der Waals surface area contributed by atoms with Gasteiger partial charge in [0.05, 0.1) is 6.26 Å². The van der Waals surface area contributed by atoms with E-state index in [1.165, 1.54) is 35.4 Å². The Bertz CT molecular complexity index is 981. The lowest BCUT2D eigenvalue weighted by atomic mass is 10.0. The molecule has 1 N–H and O–H groups in total. The van der Waals surface area contributed by atoms with Crippen molar-refractivity contribution >= 4 is 17.5 Å². The van der Waals surface area contributed by atoms with E-state index in [9.17, 15) is 14.0 Å². The van der Waals surface area contributed by atoms with Crippen LogP contribution in [0.1, 0.15) is 47.8 Å². The van der Waals surface area contributed by atoms with Gasteiger partial charge in [0.1, 0.15) is 11.9 Å². The fourth-order valence-corrected chi connectivity index (χ4v) is 3.91. The number of amides is 2. The first kappa shape index (κ1) is 19.9. The summed E-state index contributed by atoms with van der Waals surface area (Å²) in [6.45, 7) is 0. The predicted octanol–water partition coefficient (Wildman–Crippen LogP) is 4.87. The molecule has 0 unspecified atom stereocenters. The first-order chi connectivity index (χ1) is 14.6. The topological polar surface area (TPSA) is 62.6 Å². The van der Waals surface area contributed by atoms with Crippen molar-refractivity contribution in [3.63, 3.8) is 0 Å². The first-order valence-electron chi connectivity index (χ1n) is 10.1. The minimum absolute atomic E-state index is 0.0949. The number of hydrogen-bond acceptors (Lipinski definition) is 3. The molecular formula is C24H23FN2O3. The van der Waals surface area contributed by atoms with Crippen LogP contribution in [0.4, 0.5) is 10.1 Å². The predicted molar refractivity (Wildman–Crippen MR) is 111 cm³/mol. The minimum atomic E-state index is -0.921. The minimum Gasteiger partial charge on any atom is -0.459 e. The molecule has 30 heavy (non-hydrogen) atoms. The van der Waals surface area contributed by atoms with Crippen LogP contribution in [-0.4, -0.2) is 17.9 Å². The zero-order valence-corrected chi connectivity index (χ0v) is 16.5. The number of nitrogens with one attached hydrogen (secondary N) is 1. The van der Waals surface area contributed by atoms with Crippen molar-refractivity contribution in [1.29, 1.82) is 0 Å². The third-order valence-electron chi connectivity index (χ3n) is 5.38. The van der Waals surface area contributed by atoms with E-state index in [0.29, 0.717) is 11.3 Å². The molecule has 4 rings (SSSR count). The Labute approximate surface area is 174 Å². The molecule has 0 saturated heterocycles. The van der Waals surface area contributed by atoms with Gasteiger partial charge in [-0.2, -0.15) is 0 Å². The van der Waals surface area contributed by atoms with Crippen LogP contribution in [0, 0.1) is 5.82 Å². The normalized spacial score (nSPS) is 15.0. The van der Waals surface area contributed by atoms with Crippen molar-refractivity contribution in [2.45, 2.75) is 37.8 Å². The second kappa shape index (κ2) is 8.95. The number of nitrogens with zero attached hydrogens (tertiary/aromatic N) is 1. The van der Waals surface area contributed by atoms with E-state index in [1.54, 1.807) is 12.1 Å². The van der Waals surface area contributed by atoms with Gasteiger partial charge in [0.25, 0.3) is 5.91 Å². The van der Waals surface area contributed by atoms with Gasteiger partial charge in [-0.05, 0) is 54.8 Å². The highest BCUT2D eigenvalue weighted by molar-refractivity contribution is 6.08. The third kappa shape index (κ3) is 4.27. The molecule has 0 bridgehead atoms. The highest BCUT2D eigenvalue weighted by Gasteiger charge is 2.35. The summed E-state index contributed by atoms with van der Waals surface area (Å²) < 4.78 is 18.9. The molecule has 1 heterocycles. The first-order valence-corrected chi connectivity index (χ1v) is 10.1. The molecule has 0 radical (unpaired) electrons. The smallest absolute Gasteiger partial charge is 0.294 e. The van der Waals surface area contributed by atoms with Gasteiger partial charge in [0.15, 0.2) is 5.76 Å². The molecule has 1 fully saturated rings. The van der Waals surface area contributed by atoms with Crippen LogP contribution >= 0.6 is 0 Å². The summed E-state index contributed by atoms with van der Waals surface area (Å²) in [6, 6.07) is 17.0. The van der Waals surface area contributed by atoms with Crippen molar-refractivity contribution in [3.8, 4) is 0 Å². The van der Waals surface area contributed by atoms with E-state index >= 15 is 0 Å². The molecule has 2 aromatic carbocycles. The average Bonchev–Trinajstić information content (AvgIpc) is 3.47. The molecule has 5 nitrogen and oxygen atoms in total. The molecule has 154 valence electrons. The van der Waals surface area contributed by atoms with Crippen LogP contribution < -0.4 is 10.2 Å². The third-order valence-corrected chi connectivity index (χ3v) is 5.38. The number of benzene rings is 2. The van der Waals surface area contributed by atoms with Crippen molar-refractivity contribution in [2.24, 2.45) is 0 Å². The largest absolute Gasteiger partial charge is 0.459 e. The Morgan fingerprint density at radius 3 is 2.30 bits per heavy atom. The van der Waals surface area contributed by atoms with E-state index in [0.717, 1.165) is 25.7 Å². The summed E-state index contributed by atoms with van der Waals surface area (Å²) in [6.07, 6.45) is 5.42. The number of carbonyl (C=O) groups is 2. The van der Waals surface area contributed by atoms with Crippen LogP contribution in [0.15, 0.2) is 77.4 Å². The van der Waals surface area contributed by atoms with Crippen LogP contribution in [0.25, 0.3) is 0 Å². The lowest BCUT2D eigenvalue weighted by molar-refractivity contribution is -0.123. The maximum atomic E-state index is 13.6. The molecule has 3 aromatic rings. The second-order valence-corrected chi connectivity index (χ2v) is 7.43. The number of rotatable bonds is 6. The highest BCUT2D eigenvalue weighted by atomic mass is 19.1. The number of carbonyl (C=O) groups excluding carboxylic acids is 2. The Balaban J connectivity index is 1.78. The Kier molecular flexibility index (Phi) is 5.93. The van der Waals surface area contributed by atoms with E-state index in [4.69, 9.17) is 4.42 Å². The van der Waals surface area contributed by atoms with Crippen LogP contribution in [0.5, 0.6) is 0 Å². The lowest BCUT2D eigenvalue weighted by Gasteiger charge is -2.31. The average molecular weight is 406 g/mol. The molecule has 1 saturated carbocycles. The monoisotopic (exact) mass is 406 g/mol. The summed E-state index contributed by atoms with van der Waals surface area (Å²) in [4.78, 5) is 28.2. The van der Waals surface area contributed by atoms with Crippen LogP contribution in [0.2, 0.25) is 0 Å². The summed E-state index contributed by atoms with van der Waals surface area (Å²) in [5.74, 6) is -1.05. The fraction of sp³-hybridized carbons (Fsp3) is 0.250. The van der Waals surface area contributed by atoms with Gasteiger partial charge in [0.2, 0.25) is 5.91 Å². The van der Waals surface area contributed by atoms with Crippen molar-refractivity contribution in [2.75, 3.05) is 4.90 Å². The van der Waals surface area contributed by atoms with Gasteiger partial charge >= 0.3 is 0 Å². The van der Waals surface area contributed by atoms with Gasteiger partial charge in [-0.25, -0.2) is 4.39 Å². The summed E-state index contributed by atoms with van der Waals surface area (Å²) in [5.41, 5.74) is 1.07. The molecule has 1 aromatic heterocycles. The SMILES string of the molecule is O=C(NC1CCCC1)[C@H](c1ccccc1)N(C(=O)c1ccco1)c1ccc(F)cc1. The molecule has 1 aliphatic rings. The second-order valence-electron chi connectivity index (χ2n) is 7.43. The Morgan fingerprint density at radius 2 is 1.67 bits per heavy atom. The molecule has 0 aliphatic heterocycles. The molecular weight excluding hydrogens is 383 g/mol. The Hall–Kier alpha value is -3.41. The fourth-order valence-electron chi connectivity index (χ4n) is 3.91. The van der Waals surface area contributed by atoms with Gasteiger partial charge < -0.3 is 9.73 Å². The molecule has 6 heteroatoms. The van der Waals surface area contributed by atoms with Gasteiger partial charge in [-0.1, -0.05) is 43.2 Å². The van der Waals surface area contributed by atoms with Crippen molar-refractivity contribution in [3.05, 3.63) is 90.1 Å². The molecule has 2 amide bonds. The maximum Gasteiger partial charge on any atom is 0.294 e. The van der Waals surface area contributed by atoms with Gasteiger partial charge in [0, 0.05) is 11.7 Å². The number of anilines is 1. The zero-order chi connectivity index (χ0) is 20.9. The number of halogens is 1. The van der Waals surface area contributed by atoms with Crippen LogP contribution in [0.3, 0.4) is 0 Å². The van der Waals surface area contributed by atoms with E-state index < -0.39 is 17.8 Å². The van der Waals surface area contributed by atoms with Crippen LogP contribution in [-0.2, 0) is 4.79 Å². The van der Waals surface area contributed by atoms with Gasteiger partial charge in [-0.15, -0.1) is 0 Å². The number of hydrogen-bond donors (Lipinski definition) is 1. The van der Waals surface area contributed by atoms with E-state index in [-0.39, 0.29) is 17.7 Å². The van der Waals surface area contributed by atoms with Crippen molar-refractivity contribution < 1.29 is 18.4 Å². The standard InChI is InChI=1S/C24H23FN2O3/c25-18-12-14-20(15-13-18)27(24(29)21-11-6-16-30-21)22(17-7-2-1-3-8-17)23(28)26-19-9-4-5-10-19/h1-3,6-8,11-16,19,22H,4-5,9-10H2,(H,26,28)/t22-/m0/s1. The maximum absolute atomic E-state index is 13.6. The molecule has 1 aliphatic carbocycles. The van der Waals surface area contributed by atoms with Gasteiger partial charge in [-0.3, -0.25) is 14.5 Å². The van der Waals surface area contributed by atoms with E-state index in [1.807, 2.05) is 30.3 Å². The summed E-state index contributed by atoms with van der Waals surface area (Å²) in [7, 11) is 0. The molecule has 0 spiro atoms. The van der Waals surface area contributed by atoms with E-state index in [2.05, 4.69) is 5.32 Å². The van der Waals surface area contributed by atoms with Crippen molar-refractivity contribution in [1.82, 2.24) is 5.32 Å².